The van der Waals surface area contributed by atoms with Gasteiger partial charge in [-0.15, -0.1) is 0 Å². The molecule has 0 atom stereocenters. The van der Waals surface area contributed by atoms with Crippen LogP contribution in [0.1, 0.15) is 21.5 Å². The fourth-order valence-electron chi connectivity index (χ4n) is 2.74. The van der Waals surface area contributed by atoms with Crippen LogP contribution in [0.4, 0.5) is 0 Å². The Morgan fingerprint density at radius 2 is 1.62 bits per heavy atom. The van der Waals surface area contributed by atoms with Crippen molar-refractivity contribution in [1.29, 1.82) is 0 Å². The second kappa shape index (κ2) is 11.1. The van der Waals surface area contributed by atoms with Crippen molar-refractivity contribution in [3.05, 3.63) is 88.4 Å². The fourth-order valence-corrected chi connectivity index (χ4v) is 2.86. The first-order valence-corrected chi connectivity index (χ1v) is 10.2. The Kier molecular flexibility index (Phi) is 7.94. The van der Waals surface area contributed by atoms with E-state index in [1.165, 1.54) is 7.11 Å². The van der Waals surface area contributed by atoms with Crippen LogP contribution in [-0.4, -0.2) is 25.5 Å². The van der Waals surface area contributed by atoms with E-state index in [1.807, 2.05) is 13.0 Å². The predicted molar refractivity (Wildman–Crippen MR) is 121 cm³/mol. The quantitative estimate of drug-likeness (QED) is 0.501. The largest absolute Gasteiger partial charge is 0.493 e. The average molecular weight is 455 g/mol. The first kappa shape index (κ1) is 23.0. The summed E-state index contributed by atoms with van der Waals surface area (Å²) in [5.74, 6) is 0.707. The van der Waals surface area contributed by atoms with E-state index in [9.17, 15) is 9.59 Å². The Balaban J connectivity index is 1.44. The van der Waals surface area contributed by atoms with E-state index in [0.29, 0.717) is 34.4 Å². The number of benzene rings is 3. The molecule has 7 nitrogen and oxygen atoms in total. The van der Waals surface area contributed by atoms with E-state index in [-0.39, 0.29) is 6.61 Å². The molecule has 0 heterocycles. The van der Waals surface area contributed by atoms with Crippen molar-refractivity contribution in [1.82, 2.24) is 10.9 Å². The van der Waals surface area contributed by atoms with Gasteiger partial charge in [0.15, 0.2) is 18.1 Å². The van der Waals surface area contributed by atoms with Crippen LogP contribution in [0.15, 0.2) is 66.7 Å². The molecule has 0 saturated heterocycles. The lowest BCUT2D eigenvalue weighted by molar-refractivity contribution is -0.123. The first-order chi connectivity index (χ1) is 15.5. The lowest BCUT2D eigenvalue weighted by Gasteiger charge is -2.11. The summed E-state index contributed by atoms with van der Waals surface area (Å²) >= 11 is 6.02. The second-order valence-corrected chi connectivity index (χ2v) is 7.25. The number of methoxy groups -OCH3 is 1. The van der Waals surface area contributed by atoms with E-state index < -0.39 is 11.8 Å². The standard InChI is InChI=1S/C24H23ClN2O5/c1-16-13-19(11-12-20(16)25)31-14-17-7-9-18(10-8-17)24(29)27-26-23(28)15-32-22-6-4-3-5-21(22)30-2/h3-13H,14-15H2,1-2H3,(H,26,28)(H,27,29). The first-order valence-electron chi connectivity index (χ1n) is 9.79. The van der Waals surface area contributed by atoms with Crippen molar-refractivity contribution in [2.75, 3.05) is 13.7 Å². The molecule has 0 aliphatic carbocycles. The molecule has 8 heteroatoms. The van der Waals surface area contributed by atoms with Gasteiger partial charge in [0.2, 0.25) is 0 Å². The lowest BCUT2D eigenvalue weighted by atomic mass is 10.1. The number of hydrogen-bond donors (Lipinski definition) is 2. The minimum atomic E-state index is -0.507. The molecule has 2 N–H and O–H groups in total. The predicted octanol–water partition coefficient (Wildman–Crippen LogP) is 4.08. The zero-order valence-corrected chi connectivity index (χ0v) is 18.4. The minimum absolute atomic E-state index is 0.277. The number of rotatable bonds is 8. The van der Waals surface area contributed by atoms with Crippen molar-refractivity contribution < 1.29 is 23.8 Å². The molecule has 0 aromatic heterocycles. The second-order valence-electron chi connectivity index (χ2n) is 6.84. The van der Waals surface area contributed by atoms with Crippen molar-refractivity contribution in [3.8, 4) is 17.2 Å². The van der Waals surface area contributed by atoms with Crippen LogP contribution in [0.2, 0.25) is 5.02 Å². The summed E-state index contributed by atoms with van der Waals surface area (Å²) in [6, 6.07) is 19.3. The molecular weight excluding hydrogens is 432 g/mol. The van der Waals surface area contributed by atoms with E-state index in [2.05, 4.69) is 10.9 Å². The van der Waals surface area contributed by atoms with Gasteiger partial charge < -0.3 is 14.2 Å². The number of ether oxygens (including phenoxy) is 3. The topological polar surface area (TPSA) is 85.9 Å². The van der Waals surface area contributed by atoms with Crippen molar-refractivity contribution in [2.45, 2.75) is 13.5 Å². The van der Waals surface area contributed by atoms with Gasteiger partial charge in [-0.3, -0.25) is 20.4 Å². The SMILES string of the molecule is COc1ccccc1OCC(=O)NNC(=O)c1ccc(COc2ccc(Cl)c(C)c2)cc1. The van der Waals surface area contributed by atoms with Crippen LogP contribution < -0.4 is 25.1 Å². The molecule has 0 fully saturated rings. The van der Waals surface area contributed by atoms with Crippen molar-refractivity contribution in [2.24, 2.45) is 0 Å². The number of carbonyl (C=O) groups excluding carboxylic acids is 2. The summed E-state index contributed by atoms with van der Waals surface area (Å²) < 4.78 is 16.3. The average Bonchev–Trinajstić information content (AvgIpc) is 2.82. The number of amides is 2. The number of carbonyl (C=O) groups is 2. The number of aryl methyl sites for hydroxylation is 1. The molecule has 0 radical (unpaired) electrons. The highest BCUT2D eigenvalue weighted by Gasteiger charge is 2.10. The highest BCUT2D eigenvalue weighted by Crippen LogP contribution is 2.25. The van der Waals surface area contributed by atoms with Gasteiger partial charge in [0.05, 0.1) is 7.11 Å². The van der Waals surface area contributed by atoms with Gasteiger partial charge in [-0.05, 0) is 60.5 Å². The minimum Gasteiger partial charge on any atom is -0.493 e. The summed E-state index contributed by atoms with van der Waals surface area (Å²) in [6.45, 7) is 1.98. The number of halogens is 1. The molecular formula is C24H23ClN2O5. The molecule has 0 bridgehead atoms. The summed E-state index contributed by atoms with van der Waals surface area (Å²) in [4.78, 5) is 24.2. The number of hydrogen-bond acceptors (Lipinski definition) is 5. The van der Waals surface area contributed by atoms with E-state index in [4.69, 9.17) is 25.8 Å². The Labute approximate surface area is 191 Å². The fraction of sp³-hybridized carbons (Fsp3) is 0.167. The zero-order chi connectivity index (χ0) is 22.9. The molecule has 0 saturated carbocycles. The summed E-state index contributed by atoms with van der Waals surface area (Å²) in [5.41, 5.74) is 6.90. The van der Waals surface area contributed by atoms with Crippen LogP contribution in [0.25, 0.3) is 0 Å². The zero-order valence-electron chi connectivity index (χ0n) is 17.7. The Morgan fingerprint density at radius 3 is 2.31 bits per heavy atom. The van der Waals surface area contributed by atoms with E-state index >= 15 is 0 Å². The molecule has 0 aliphatic rings. The number of nitrogens with one attached hydrogen (secondary N) is 2. The Bertz CT molecular complexity index is 1090. The molecule has 166 valence electrons. The smallest absolute Gasteiger partial charge is 0.276 e. The van der Waals surface area contributed by atoms with Crippen LogP contribution in [-0.2, 0) is 11.4 Å². The van der Waals surface area contributed by atoms with Gasteiger partial charge in [-0.1, -0.05) is 35.9 Å². The highest BCUT2D eigenvalue weighted by molar-refractivity contribution is 6.31. The molecule has 0 spiro atoms. The third kappa shape index (κ3) is 6.39. The van der Waals surface area contributed by atoms with Crippen molar-refractivity contribution >= 4 is 23.4 Å². The third-order valence-electron chi connectivity index (χ3n) is 4.49. The summed E-state index contributed by atoms with van der Waals surface area (Å²) in [6.07, 6.45) is 0. The van der Waals surface area contributed by atoms with Crippen LogP contribution >= 0.6 is 11.6 Å². The van der Waals surface area contributed by atoms with Gasteiger partial charge >= 0.3 is 0 Å². The van der Waals surface area contributed by atoms with Crippen LogP contribution in [0.5, 0.6) is 17.2 Å². The van der Waals surface area contributed by atoms with E-state index in [0.717, 1.165) is 11.1 Å². The van der Waals surface area contributed by atoms with Crippen molar-refractivity contribution in [3.63, 3.8) is 0 Å². The normalized spacial score (nSPS) is 10.2. The molecule has 0 aliphatic heterocycles. The number of hydrazine groups is 1. The molecule has 3 aromatic rings. The maximum absolute atomic E-state index is 12.3. The summed E-state index contributed by atoms with van der Waals surface area (Å²) in [7, 11) is 1.51. The van der Waals surface area contributed by atoms with Gasteiger partial charge in [0.1, 0.15) is 12.4 Å². The van der Waals surface area contributed by atoms with Crippen LogP contribution in [0.3, 0.4) is 0 Å². The summed E-state index contributed by atoms with van der Waals surface area (Å²) in [5, 5.41) is 0.686. The highest BCUT2D eigenvalue weighted by atomic mass is 35.5. The van der Waals surface area contributed by atoms with Gasteiger partial charge in [-0.2, -0.15) is 0 Å². The Morgan fingerprint density at radius 1 is 0.906 bits per heavy atom. The monoisotopic (exact) mass is 454 g/mol. The maximum Gasteiger partial charge on any atom is 0.276 e. The van der Waals surface area contributed by atoms with Gasteiger partial charge in [0.25, 0.3) is 11.8 Å². The molecule has 3 aromatic carbocycles. The molecule has 32 heavy (non-hydrogen) atoms. The van der Waals surface area contributed by atoms with E-state index in [1.54, 1.807) is 60.7 Å². The molecule has 0 unspecified atom stereocenters. The Hall–Kier alpha value is -3.71. The molecule has 2 amide bonds. The lowest BCUT2D eigenvalue weighted by Crippen LogP contribution is -2.43. The molecule has 3 rings (SSSR count). The van der Waals surface area contributed by atoms with Gasteiger partial charge in [0, 0.05) is 10.6 Å². The van der Waals surface area contributed by atoms with Gasteiger partial charge in [-0.25, -0.2) is 0 Å². The maximum atomic E-state index is 12.3. The number of para-hydroxylation sites is 2. The van der Waals surface area contributed by atoms with Crippen LogP contribution in [0, 0.1) is 6.92 Å². The third-order valence-corrected chi connectivity index (χ3v) is 4.92.